The first kappa shape index (κ1) is 16.1. The summed E-state index contributed by atoms with van der Waals surface area (Å²) in [5.74, 6) is -0.506. The van der Waals surface area contributed by atoms with Crippen molar-refractivity contribution in [3.05, 3.63) is 24.0 Å². The van der Waals surface area contributed by atoms with Crippen LogP contribution in [0.3, 0.4) is 0 Å². The van der Waals surface area contributed by atoms with Gasteiger partial charge < -0.3 is 20.7 Å². The molecule has 2 amide bonds. The standard InChI is InChI=1S/C15H22N4O3/c1-10(2)22-15(21)19-7-4-11(5-8-19)18-13-3-6-17-9-12(13)14(16)20/h3,6,9-11H,4-5,7-8H2,1-2H3,(H2,16,20)(H,17,18). The number of carbonyl (C=O) groups excluding carboxylic acids is 2. The lowest BCUT2D eigenvalue weighted by Gasteiger charge is -2.32. The first-order chi connectivity index (χ1) is 10.5. The van der Waals surface area contributed by atoms with Crippen molar-refractivity contribution in [2.75, 3.05) is 18.4 Å². The van der Waals surface area contributed by atoms with Gasteiger partial charge in [0.15, 0.2) is 0 Å². The highest BCUT2D eigenvalue weighted by Gasteiger charge is 2.24. The third kappa shape index (κ3) is 4.09. The number of nitrogens with two attached hydrogens (primary N) is 1. The third-order valence-corrected chi connectivity index (χ3v) is 3.54. The van der Waals surface area contributed by atoms with Gasteiger partial charge in [-0.15, -0.1) is 0 Å². The van der Waals surface area contributed by atoms with Crippen molar-refractivity contribution in [3.63, 3.8) is 0 Å². The number of pyridine rings is 1. The van der Waals surface area contributed by atoms with E-state index >= 15 is 0 Å². The lowest BCUT2D eigenvalue weighted by Crippen LogP contribution is -2.43. The fourth-order valence-corrected chi connectivity index (χ4v) is 2.42. The lowest BCUT2D eigenvalue weighted by molar-refractivity contribution is 0.0701. The summed E-state index contributed by atoms with van der Waals surface area (Å²) in [6, 6.07) is 1.92. The minimum Gasteiger partial charge on any atom is -0.447 e. The Morgan fingerprint density at radius 1 is 1.41 bits per heavy atom. The van der Waals surface area contributed by atoms with Crippen molar-refractivity contribution in [2.45, 2.75) is 38.8 Å². The van der Waals surface area contributed by atoms with Gasteiger partial charge in [-0.05, 0) is 32.8 Å². The van der Waals surface area contributed by atoms with Crippen LogP contribution in [0.15, 0.2) is 18.5 Å². The maximum Gasteiger partial charge on any atom is 0.410 e. The van der Waals surface area contributed by atoms with Crippen LogP contribution in [0.1, 0.15) is 37.0 Å². The van der Waals surface area contributed by atoms with Crippen LogP contribution < -0.4 is 11.1 Å². The summed E-state index contributed by atoms with van der Waals surface area (Å²) in [5.41, 5.74) is 6.40. The number of hydrogen-bond donors (Lipinski definition) is 2. The maximum atomic E-state index is 11.8. The predicted octanol–water partition coefficient (Wildman–Crippen LogP) is 1.60. The van der Waals surface area contributed by atoms with Crippen LogP contribution >= 0.6 is 0 Å². The number of aromatic nitrogens is 1. The van der Waals surface area contributed by atoms with Crippen molar-refractivity contribution < 1.29 is 14.3 Å². The minimum absolute atomic E-state index is 0.113. The Morgan fingerprint density at radius 3 is 2.68 bits per heavy atom. The van der Waals surface area contributed by atoms with Crippen LogP contribution in [0, 0.1) is 0 Å². The molecule has 0 atom stereocenters. The summed E-state index contributed by atoms with van der Waals surface area (Å²) in [6.07, 6.45) is 4.26. The summed E-state index contributed by atoms with van der Waals surface area (Å²) in [7, 11) is 0. The summed E-state index contributed by atoms with van der Waals surface area (Å²) in [4.78, 5) is 28.8. The van der Waals surface area contributed by atoms with Gasteiger partial charge in [-0.3, -0.25) is 9.78 Å². The lowest BCUT2D eigenvalue weighted by atomic mass is 10.0. The van der Waals surface area contributed by atoms with Crippen molar-refractivity contribution in [1.29, 1.82) is 0 Å². The van der Waals surface area contributed by atoms with Crippen molar-refractivity contribution in [1.82, 2.24) is 9.88 Å². The molecule has 2 rings (SSSR count). The number of nitrogens with zero attached hydrogens (tertiary/aromatic N) is 2. The molecule has 1 fully saturated rings. The molecule has 0 aromatic carbocycles. The molecule has 0 saturated carbocycles. The number of anilines is 1. The summed E-state index contributed by atoms with van der Waals surface area (Å²) in [6.45, 7) is 4.92. The van der Waals surface area contributed by atoms with Gasteiger partial charge in [0.2, 0.25) is 0 Å². The number of primary amides is 1. The molecule has 0 bridgehead atoms. The van der Waals surface area contributed by atoms with Crippen LogP contribution in [0.5, 0.6) is 0 Å². The van der Waals surface area contributed by atoms with Gasteiger partial charge in [0.05, 0.1) is 17.4 Å². The smallest absolute Gasteiger partial charge is 0.410 e. The molecule has 2 heterocycles. The summed E-state index contributed by atoms with van der Waals surface area (Å²) >= 11 is 0. The molecular formula is C15H22N4O3. The Labute approximate surface area is 129 Å². The SMILES string of the molecule is CC(C)OC(=O)N1CCC(Nc2ccncc2C(N)=O)CC1. The number of likely N-dealkylation sites (tertiary alicyclic amines) is 1. The van der Waals surface area contributed by atoms with Gasteiger partial charge in [-0.1, -0.05) is 0 Å². The second-order valence-corrected chi connectivity index (χ2v) is 5.62. The van der Waals surface area contributed by atoms with Crippen LogP contribution in [-0.4, -0.2) is 47.1 Å². The fourth-order valence-electron chi connectivity index (χ4n) is 2.42. The van der Waals surface area contributed by atoms with E-state index in [4.69, 9.17) is 10.5 Å². The van der Waals surface area contributed by atoms with Gasteiger partial charge in [0.1, 0.15) is 0 Å². The molecule has 7 nitrogen and oxygen atoms in total. The summed E-state index contributed by atoms with van der Waals surface area (Å²) in [5, 5.41) is 3.31. The van der Waals surface area contributed by atoms with E-state index in [1.807, 2.05) is 13.8 Å². The van der Waals surface area contributed by atoms with Crippen LogP contribution in [0.25, 0.3) is 0 Å². The molecule has 1 saturated heterocycles. The largest absolute Gasteiger partial charge is 0.447 e. The number of amides is 2. The zero-order valence-corrected chi connectivity index (χ0v) is 12.9. The Bertz CT molecular complexity index is 539. The van der Waals surface area contributed by atoms with E-state index in [-0.39, 0.29) is 18.2 Å². The molecule has 1 aliphatic rings. The van der Waals surface area contributed by atoms with E-state index in [1.165, 1.54) is 6.20 Å². The molecule has 1 aromatic rings. The van der Waals surface area contributed by atoms with Crippen molar-refractivity contribution in [3.8, 4) is 0 Å². The molecule has 22 heavy (non-hydrogen) atoms. The van der Waals surface area contributed by atoms with E-state index in [0.29, 0.717) is 24.3 Å². The highest BCUT2D eigenvalue weighted by Crippen LogP contribution is 2.20. The number of hydrogen-bond acceptors (Lipinski definition) is 5. The zero-order chi connectivity index (χ0) is 16.1. The normalized spacial score (nSPS) is 15.7. The van der Waals surface area contributed by atoms with Gasteiger partial charge >= 0.3 is 6.09 Å². The average molecular weight is 306 g/mol. The molecule has 1 aliphatic heterocycles. The van der Waals surface area contributed by atoms with Gasteiger partial charge in [-0.2, -0.15) is 0 Å². The van der Waals surface area contributed by atoms with E-state index in [1.54, 1.807) is 17.2 Å². The summed E-state index contributed by atoms with van der Waals surface area (Å²) < 4.78 is 5.19. The zero-order valence-electron chi connectivity index (χ0n) is 12.9. The average Bonchev–Trinajstić information content (AvgIpc) is 2.47. The van der Waals surface area contributed by atoms with Gasteiger partial charge in [0.25, 0.3) is 5.91 Å². The number of nitrogens with one attached hydrogen (secondary N) is 1. The third-order valence-electron chi connectivity index (χ3n) is 3.54. The van der Waals surface area contributed by atoms with Gasteiger partial charge in [-0.25, -0.2) is 4.79 Å². The fraction of sp³-hybridized carbons (Fsp3) is 0.533. The van der Waals surface area contributed by atoms with E-state index in [2.05, 4.69) is 10.3 Å². The predicted molar refractivity (Wildman–Crippen MR) is 82.6 cm³/mol. The highest BCUT2D eigenvalue weighted by atomic mass is 16.6. The quantitative estimate of drug-likeness (QED) is 0.880. The topological polar surface area (TPSA) is 97.6 Å². The van der Waals surface area contributed by atoms with Crippen LogP contribution in [0.4, 0.5) is 10.5 Å². The van der Waals surface area contributed by atoms with Crippen LogP contribution in [0.2, 0.25) is 0 Å². The maximum absolute atomic E-state index is 11.8. The molecule has 0 spiro atoms. The molecule has 0 aliphatic carbocycles. The van der Waals surface area contributed by atoms with Crippen molar-refractivity contribution >= 4 is 17.7 Å². The number of ether oxygens (including phenoxy) is 1. The molecule has 3 N–H and O–H groups in total. The second-order valence-electron chi connectivity index (χ2n) is 5.62. The van der Waals surface area contributed by atoms with E-state index in [9.17, 15) is 9.59 Å². The first-order valence-corrected chi connectivity index (χ1v) is 7.43. The molecule has 0 unspecified atom stereocenters. The van der Waals surface area contributed by atoms with E-state index < -0.39 is 5.91 Å². The second kappa shape index (κ2) is 7.11. The highest BCUT2D eigenvalue weighted by molar-refractivity contribution is 5.98. The molecular weight excluding hydrogens is 284 g/mol. The number of rotatable bonds is 4. The molecule has 120 valence electrons. The Hall–Kier alpha value is -2.31. The van der Waals surface area contributed by atoms with Crippen LogP contribution in [-0.2, 0) is 4.74 Å². The number of piperidine rings is 1. The Kier molecular flexibility index (Phi) is 5.19. The Morgan fingerprint density at radius 2 is 2.09 bits per heavy atom. The monoisotopic (exact) mass is 306 g/mol. The van der Waals surface area contributed by atoms with Crippen molar-refractivity contribution in [2.24, 2.45) is 5.73 Å². The van der Waals surface area contributed by atoms with Gasteiger partial charge in [0, 0.05) is 31.5 Å². The minimum atomic E-state index is -0.506. The Balaban J connectivity index is 1.90. The number of carbonyl (C=O) groups is 2. The molecule has 1 aromatic heterocycles. The molecule has 0 radical (unpaired) electrons. The molecule has 7 heteroatoms. The first-order valence-electron chi connectivity index (χ1n) is 7.43. The van der Waals surface area contributed by atoms with E-state index in [0.717, 1.165) is 12.8 Å².